The Kier molecular flexibility index (Phi) is 4.48. The van der Waals surface area contributed by atoms with Gasteiger partial charge >= 0.3 is 0 Å². The van der Waals surface area contributed by atoms with E-state index in [4.69, 9.17) is 6.42 Å². The fourth-order valence-electron chi connectivity index (χ4n) is 1.15. The van der Waals surface area contributed by atoms with Crippen LogP contribution in [0.1, 0.15) is 19.8 Å². The smallest absolute Gasteiger partial charge is 0.128 e. The maximum absolute atomic E-state index is 5.39. The molecule has 0 aromatic carbocycles. The summed E-state index contributed by atoms with van der Waals surface area (Å²) in [6.45, 7) is 2.11. The molecule has 0 saturated carbocycles. The van der Waals surface area contributed by atoms with E-state index in [1.807, 2.05) is 18.2 Å². The number of terminal acetylenes is 1. The number of nitrogens with one attached hydrogen (secondary N) is 1. The highest BCUT2D eigenvalue weighted by atomic mass is 79.9. The molecule has 0 spiro atoms. The highest BCUT2D eigenvalue weighted by Gasteiger charge is 2.03. The lowest BCUT2D eigenvalue weighted by Crippen LogP contribution is -2.17. The molecule has 0 saturated heterocycles. The lowest BCUT2D eigenvalue weighted by atomic mass is 10.2. The minimum absolute atomic E-state index is 0.0711. The van der Waals surface area contributed by atoms with Gasteiger partial charge in [0.2, 0.25) is 0 Å². The van der Waals surface area contributed by atoms with Crippen LogP contribution in [0.15, 0.2) is 22.8 Å². The van der Waals surface area contributed by atoms with Crippen molar-refractivity contribution < 1.29 is 0 Å². The second kappa shape index (κ2) is 5.66. The first-order valence-electron chi connectivity index (χ1n) is 4.61. The molecular weight excluding hydrogens is 240 g/mol. The molecule has 1 heterocycles. The summed E-state index contributed by atoms with van der Waals surface area (Å²) in [4.78, 5) is 4.25. The lowest BCUT2D eigenvalue weighted by Gasteiger charge is -2.12. The summed E-state index contributed by atoms with van der Waals surface area (Å²) < 4.78 is 0.815. The van der Waals surface area contributed by atoms with Crippen molar-refractivity contribution >= 4 is 21.7 Å². The molecule has 1 unspecified atom stereocenters. The van der Waals surface area contributed by atoms with Crippen LogP contribution in [0.25, 0.3) is 0 Å². The molecule has 0 aliphatic heterocycles. The van der Waals surface area contributed by atoms with Gasteiger partial charge < -0.3 is 5.32 Å². The van der Waals surface area contributed by atoms with Crippen molar-refractivity contribution in [3.8, 4) is 12.3 Å². The Bertz CT molecular complexity index is 330. The van der Waals surface area contributed by atoms with Crippen LogP contribution in [0.2, 0.25) is 0 Å². The van der Waals surface area contributed by atoms with Crippen LogP contribution in [-0.4, -0.2) is 11.0 Å². The zero-order chi connectivity index (χ0) is 10.4. The van der Waals surface area contributed by atoms with E-state index in [0.717, 1.165) is 23.3 Å². The highest BCUT2D eigenvalue weighted by Crippen LogP contribution is 2.12. The maximum Gasteiger partial charge on any atom is 0.128 e. The largest absolute Gasteiger partial charge is 0.356 e. The van der Waals surface area contributed by atoms with Gasteiger partial charge in [-0.2, -0.15) is 0 Å². The van der Waals surface area contributed by atoms with Gasteiger partial charge in [-0.25, -0.2) is 4.98 Å². The second-order valence-corrected chi connectivity index (χ2v) is 3.81. The number of pyridine rings is 1. The fourth-order valence-corrected chi connectivity index (χ4v) is 1.50. The number of hydrogen-bond donors (Lipinski definition) is 1. The van der Waals surface area contributed by atoms with Gasteiger partial charge in [-0.05, 0) is 34.5 Å². The van der Waals surface area contributed by atoms with E-state index in [1.54, 1.807) is 0 Å². The third-order valence-corrected chi connectivity index (χ3v) is 2.26. The molecule has 0 fully saturated rings. The quantitative estimate of drug-likeness (QED) is 0.659. The van der Waals surface area contributed by atoms with Crippen LogP contribution in [0, 0.1) is 12.3 Å². The number of hydrogen-bond acceptors (Lipinski definition) is 2. The minimum Gasteiger partial charge on any atom is -0.356 e. The highest BCUT2D eigenvalue weighted by molar-refractivity contribution is 9.10. The van der Waals surface area contributed by atoms with Crippen LogP contribution in [0.5, 0.6) is 0 Å². The molecule has 1 aromatic rings. The normalized spacial score (nSPS) is 11.8. The summed E-state index contributed by atoms with van der Waals surface area (Å²) in [5.41, 5.74) is 0. The van der Waals surface area contributed by atoms with E-state index in [9.17, 15) is 0 Å². The summed E-state index contributed by atoms with van der Waals surface area (Å²) in [7, 11) is 0. The van der Waals surface area contributed by atoms with Crippen molar-refractivity contribution in [2.75, 3.05) is 5.32 Å². The van der Waals surface area contributed by atoms with Crippen LogP contribution in [0.4, 0.5) is 5.82 Å². The number of nitrogens with zero attached hydrogens (tertiary/aromatic N) is 1. The van der Waals surface area contributed by atoms with Crippen LogP contribution in [-0.2, 0) is 0 Å². The molecule has 2 nitrogen and oxygen atoms in total. The van der Waals surface area contributed by atoms with Crippen molar-refractivity contribution in [3.63, 3.8) is 0 Å². The van der Waals surface area contributed by atoms with Gasteiger partial charge in [0.05, 0.1) is 6.04 Å². The summed E-state index contributed by atoms with van der Waals surface area (Å²) in [6.07, 6.45) is 7.42. The molecule has 0 radical (unpaired) electrons. The number of halogens is 1. The Hall–Kier alpha value is -1.01. The van der Waals surface area contributed by atoms with Gasteiger partial charge in [-0.1, -0.05) is 25.3 Å². The number of anilines is 1. The molecule has 74 valence electrons. The first kappa shape index (κ1) is 11.1. The zero-order valence-electron chi connectivity index (χ0n) is 8.13. The van der Waals surface area contributed by atoms with Crippen molar-refractivity contribution in [1.82, 2.24) is 4.98 Å². The van der Waals surface area contributed by atoms with E-state index < -0.39 is 0 Å². The molecule has 3 heteroatoms. The van der Waals surface area contributed by atoms with E-state index in [2.05, 4.69) is 39.1 Å². The van der Waals surface area contributed by atoms with Crippen molar-refractivity contribution in [2.24, 2.45) is 0 Å². The molecule has 0 bridgehead atoms. The van der Waals surface area contributed by atoms with E-state index >= 15 is 0 Å². The Morgan fingerprint density at radius 1 is 1.64 bits per heavy atom. The fraction of sp³-hybridized carbons (Fsp3) is 0.364. The predicted octanol–water partition coefficient (Wildman–Crippen LogP) is 3.06. The van der Waals surface area contributed by atoms with Gasteiger partial charge in [-0.15, -0.1) is 6.42 Å². The zero-order valence-corrected chi connectivity index (χ0v) is 9.71. The molecule has 1 aromatic heterocycles. The summed E-state index contributed by atoms with van der Waals surface area (Å²) in [5, 5.41) is 3.19. The Morgan fingerprint density at radius 2 is 2.43 bits per heavy atom. The van der Waals surface area contributed by atoms with E-state index in [0.29, 0.717) is 0 Å². The average Bonchev–Trinajstić information content (AvgIpc) is 2.17. The minimum atomic E-state index is 0.0711. The molecular formula is C11H13BrN2. The number of rotatable bonds is 4. The predicted molar refractivity (Wildman–Crippen MR) is 63.1 cm³/mol. The van der Waals surface area contributed by atoms with Crippen molar-refractivity contribution in [2.45, 2.75) is 25.8 Å². The lowest BCUT2D eigenvalue weighted by molar-refractivity contribution is 0.752. The van der Waals surface area contributed by atoms with Crippen molar-refractivity contribution in [1.29, 1.82) is 0 Å². The van der Waals surface area contributed by atoms with Crippen LogP contribution in [0.3, 0.4) is 0 Å². The van der Waals surface area contributed by atoms with E-state index in [1.165, 1.54) is 0 Å². The number of aromatic nitrogens is 1. The second-order valence-electron chi connectivity index (χ2n) is 3.00. The molecule has 14 heavy (non-hydrogen) atoms. The maximum atomic E-state index is 5.39. The van der Waals surface area contributed by atoms with Crippen LogP contribution < -0.4 is 5.32 Å². The van der Waals surface area contributed by atoms with Gasteiger partial charge in [0.15, 0.2) is 0 Å². The van der Waals surface area contributed by atoms with E-state index in [-0.39, 0.29) is 6.04 Å². The first-order valence-corrected chi connectivity index (χ1v) is 5.40. The third-order valence-electron chi connectivity index (χ3n) is 1.82. The molecule has 1 rings (SSSR count). The van der Waals surface area contributed by atoms with Crippen molar-refractivity contribution in [3.05, 3.63) is 22.8 Å². The molecule has 1 atom stereocenters. The summed E-state index contributed by atoms with van der Waals surface area (Å²) in [5.74, 6) is 3.52. The Labute approximate surface area is 93.3 Å². The van der Waals surface area contributed by atoms with Gasteiger partial charge in [0.1, 0.15) is 10.4 Å². The summed E-state index contributed by atoms with van der Waals surface area (Å²) in [6, 6.07) is 5.79. The molecule has 0 amide bonds. The summed E-state index contributed by atoms with van der Waals surface area (Å²) >= 11 is 3.31. The SMILES string of the molecule is C#CC(CCC)Nc1cccc(Br)n1. The average molecular weight is 253 g/mol. The molecule has 1 N–H and O–H groups in total. The first-order chi connectivity index (χ1) is 6.76. The topological polar surface area (TPSA) is 24.9 Å². The van der Waals surface area contributed by atoms with Gasteiger partial charge in [0, 0.05) is 0 Å². The Morgan fingerprint density at radius 3 is 3.00 bits per heavy atom. The standard InChI is InChI=1S/C11H13BrN2/c1-3-6-9(4-2)13-11-8-5-7-10(12)14-11/h2,5,7-9H,3,6H2,1H3,(H,13,14). The van der Waals surface area contributed by atoms with Gasteiger partial charge in [0.25, 0.3) is 0 Å². The third kappa shape index (κ3) is 3.39. The molecule has 0 aliphatic carbocycles. The van der Waals surface area contributed by atoms with Crippen LogP contribution >= 0.6 is 15.9 Å². The van der Waals surface area contributed by atoms with Gasteiger partial charge in [-0.3, -0.25) is 0 Å². The Balaban J connectivity index is 2.63. The molecule has 0 aliphatic rings. The monoisotopic (exact) mass is 252 g/mol.